The van der Waals surface area contributed by atoms with E-state index in [0.717, 1.165) is 45.6 Å². The fourth-order valence-corrected chi connectivity index (χ4v) is 5.02. The lowest BCUT2D eigenvalue weighted by Gasteiger charge is -2.44. The molecule has 1 aromatic heterocycles. The van der Waals surface area contributed by atoms with Crippen molar-refractivity contribution in [1.29, 1.82) is 5.26 Å². The number of nitriles is 1. The highest BCUT2D eigenvalue weighted by Crippen LogP contribution is 2.29. The third-order valence-electron chi connectivity index (χ3n) is 6.87. The second-order valence-electron chi connectivity index (χ2n) is 9.51. The maximum atomic E-state index is 12.8. The van der Waals surface area contributed by atoms with Crippen LogP contribution < -0.4 is 10.2 Å². The van der Waals surface area contributed by atoms with Crippen LogP contribution in [0.1, 0.15) is 24.0 Å². The van der Waals surface area contributed by atoms with E-state index in [1.165, 1.54) is 18.1 Å². The van der Waals surface area contributed by atoms with Crippen molar-refractivity contribution in [3.05, 3.63) is 59.9 Å². The number of likely N-dealkylation sites (tertiary alicyclic amines) is 1. The Morgan fingerprint density at radius 2 is 1.77 bits per heavy atom. The molecule has 6 nitrogen and oxygen atoms in total. The number of alkyl halides is 3. The van der Waals surface area contributed by atoms with Gasteiger partial charge in [0.05, 0.1) is 23.6 Å². The maximum Gasteiger partial charge on any atom is 0.393 e. The molecule has 0 aliphatic carbocycles. The van der Waals surface area contributed by atoms with Gasteiger partial charge >= 0.3 is 6.18 Å². The van der Waals surface area contributed by atoms with Gasteiger partial charge in [0.2, 0.25) is 0 Å². The fraction of sp³-hybridized carbons (Fsp3) is 0.423. The lowest BCUT2D eigenvalue weighted by molar-refractivity contribution is -0.127. The van der Waals surface area contributed by atoms with E-state index in [4.69, 9.17) is 5.26 Å². The summed E-state index contributed by atoms with van der Waals surface area (Å²) in [6.45, 7) is 5.08. The number of piperidine rings is 1. The number of halogens is 3. The van der Waals surface area contributed by atoms with Crippen LogP contribution in [0.25, 0.3) is 10.9 Å². The van der Waals surface area contributed by atoms with Crippen LogP contribution in [0.3, 0.4) is 0 Å². The third-order valence-corrected chi connectivity index (χ3v) is 6.87. The molecular weight excluding hydrogens is 453 g/mol. The van der Waals surface area contributed by atoms with E-state index < -0.39 is 12.6 Å². The number of nitrogens with one attached hydrogen (secondary N) is 1. The molecule has 0 spiro atoms. The molecule has 5 rings (SSSR count). The second-order valence-corrected chi connectivity index (χ2v) is 9.51. The predicted octanol–water partition coefficient (Wildman–Crippen LogP) is 4.62. The highest BCUT2D eigenvalue weighted by Gasteiger charge is 2.30. The van der Waals surface area contributed by atoms with Crippen LogP contribution in [-0.4, -0.2) is 59.8 Å². The van der Waals surface area contributed by atoms with Gasteiger partial charge in [-0.15, -0.1) is 0 Å². The normalized spacial score (nSPS) is 17.8. The average Bonchev–Trinajstić information content (AvgIpc) is 2.82. The molecule has 3 aromatic rings. The first-order chi connectivity index (χ1) is 16.9. The van der Waals surface area contributed by atoms with Crippen LogP contribution in [0.15, 0.2) is 48.8 Å². The number of benzene rings is 2. The Kier molecular flexibility index (Phi) is 6.48. The zero-order chi connectivity index (χ0) is 24.4. The van der Waals surface area contributed by atoms with Crippen molar-refractivity contribution in [2.75, 3.05) is 42.9 Å². The summed E-state index contributed by atoms with van der Waals surface area (Å²) in [5.74, 6) is 1.24. The standard InChI is InChI=1S/C26H27F3N6/c27-26(28,29)12-19-3-6-24-23(11-19)25(32-17-31-24)33-21-7-9-34(10-8-21)14-20-15-35(16-20)22-4-1-18(13-30)2-5-22/h1-6,11,17,20-21H,7-10,12,14-16H2,(H,31,32,33). The van der Waals surface area contributed by atoms with Crippen LogP contribution in [0.2, 0.25) is 0 Å². The van der Waals surface area contributed by atoms with E-state index >= 15 is 0 Å². The van der Waals surface area contributed by atoms with Gasteiger partial charge in [-0.1, -0.05) is 6.07 Å². The minimum atomic E-state index is -4.25. The van der Waals surface area contributed by atoms with Crippen LogP contribution in [0.5, 0.6) is 0 Å². The summed E-state index contributed by atoms with van der Waals surface area (Å²) in [5.41, 5.74) is 2.70. The van der Waals surface area contributed by atoms with E-state index in [1.54, 1.807) is 12.1 Å². The first-order valence-electron chi connectivity index (χ1n) is 11.9. The largest absolute Gasteiger partial charge is 0.393 e. The monoisotopic (exact) mass is 480 g/mol. The van der Waals surface area contributed by atoms with Crippen LogP contribution in [0.4, 0.5) is 24.7 Å². The van der Waals surface area contributed by atoms with Crippen molar-refractivity contribution in [1.82, 2.24) is 14.9 Å². The third kappa shape index (κ3) is 5.65. The Balaban J connectivity index is 1.12. The summed E-state index contributed by atoms with van der Waals surface area (Å²) < 4.78 is 38.5. The number of aromatic nitrogens is 2. The molecule has 2 aliphatic rings. The molecular formula is C26H27F3N6. The Morgan fingerprint density at radius 1 is 1.03 bits per heavy atom. The summed E-state index contributed by atoms with van der Waals surface area (Å²) in [7, 11) is 0. The van der Waals surface area contributed by atoms with Crippen LogP contribution in [-0.2, 0) is 6.42 Å². The van der Waals surface area contributed by atoms with Gasteiger partial charge in [-0.3, -0.25) is 0 Å². The van der Waals surface area contributed by atoms with Crippen molar-refractivity contribution in [2.24, 2.45) is 5.92 Å². The van der Waals surface area contributed by atoms with Gasteiger partial charge < -0.3 is 15.1 Å². The summed E-state index contributed by atoms with van der Waals surface area (Å²) in [6.07, 6.45) is -1.83. The molecule has 9 heteroatoms. The van der Waals surface area contributed by atoms with Gasteiger partial charge in [0.25, 0.3) is 0 Å². The minimum absolute atomic E-state index is 0.216. The zero-order valence-corrected chi connectivity index (χ0v) is 19.3. The number of fused-ring (bicyclic) bond motifs is 1. The Labute approximate surface area is 202 Å². The van der Waals surface area contributed by atoms with Crippen LogP contribution in [0, 0.1) is 17.2 Å². The summed E-state index contributed by atoms with van der Waals surface area (Å²) in [6, 6.07) is 14.8. The van der Waals surface area contributed by atoms with E-state index in [1.807, 2.05) is 24.3 Å². The predicted molar refractivity (Wildman–Crippen MR) is 129 cm³/mol. The van der Waals surface area contributed by atoms with E-state index in [2.05, 4.69) is 31.2 Å². The number of hydrogen-bond donors (Lipinski definition) is 1. The molecule has 182 valence electrons. The van der Waals surface area contributed by atoms with Crippen molar-refractivity contribution in [2.45, 2.75) is 31.5 Å². The molecule has 35 heavy (non-hydrogen) atoms. The molecule has 0 atom stereocenters. The lowest BCUT2D eigenvalue weighted by atomic mass is 9.96. The zero-order valence-electron chi connectivity index (χ0n) is 19.3. The van der Waals surface area contributed by atoms with Crippen molar-refractivity contribution < 1.29 is 13.2 Å². The molecule has 2 fully saturated rings. The quantitative estimate of drug-likeness (QED) is 0.556. The summed E-state index contributed by atoms with van der Waals surface area (Å²) >= 11 is 0. The Morgan fingerprint density at radius 3 is 2.46 bits per heavy atom. The minimum Gasteiger partial charge on any atom is -0.371 e. The molecule has 2 aromatic carbocycles. The van der Waals surface area contributed by atoms with Crippen LogP contribution >= 0.6 is 0 Å². The van der Waals surface area contributed by atoms with Gasteiger partial charge in [-0.05, 0) is 54.8 Å². The van der Waals surface area contributed by atoms with Gasteiger partial charge in [-0.25, -0.2) is 9.97 Å². The highest BCUT2D eigenvalue weighted by atomic mass is 19.4. The molecule has 0 saturated carbocycles. The van der Waals surface area contributed by atoms with Gasteiger partial charge in [0.1, 0.15) is 12.1 Å². The van der Waals surface area contributed by atoms with Gasteiger partial charge in [0, 0.05) is 55.8 Å². The Bertz CT molecular complexity index is 1210. The maximum absolute atomic E-state index is 12.8. The SMILES string of the molecule is N#Cc1ccc(N2CC(CN3CCC(Nc4ncnc5ccc(CC(F)(F)F)cc45)CC3)C2)cc1. The number of anilines is 2. The summed E-state index contributed by atoms with van der Waals surface area (Å²) in [4.78, 5) is 13.4. The molecule has 1 N–H and O–H groups in total. The molecule has 0 bridgehead atoms. The first-order valence-corrected chi connectivity index (χ1v) is 11.9. The van der Waals surface area contributed by atoms with E-state index in [9.17, 15) is 13.2 Å². The molecule has 2 aliphatic heterocycles. The summed E-state index contributed by atoms with van der Waals surface area (Å²) in [5, 5.41) is 13.0. The fourth-order valence-electron chi connectivity index (χ4n) is 5.02. The van der Waals surface area contributed by atoms with E-state index in [-0.39, 0.29) is 11.6 Å². The molecule has 0 unspecified atom stereocenters. The van der Waals surface area contributed by atoms with Crippen molar-refractivity contribution in [3.8, 4) is 6.07 Å². The number of nitrogens with zero attached hydrogens (tertiary/aromatic N) is 5. The van der Waals surface area contributed by atoms with E-state index in [0.29, 0.717) is 28.2 Å². The van der Waals surface area contributed by atoms with Gasteiger partial charge in [-0.2, -0.15) is 18.4 Å². The smallest absolute Gasteiger partial charge is 0.371 e. The molecule has 3 heterocycles. The average molecular weight is 481 g/mol. The molecule has 0 radical (unpaired) electrons. The Hall–Kier alpha value is -3.38. The second kappa shape index (κ2) is 9.70. The topological polar surface area (TPSA) is 68.1 Å². The number of rotatable bonds is 6. The van der Waals surface area contributed by atoms with Crippen molar-refractivity contribution in [3.63, 3.8) is 0 Å². The molecule has 2 saturated heterocycles. The first kappa shape index (κ1) is 23.4. The lowest BCUT2D eigenvalue weighted by Crippen LogP contribution is -2.53. The van der Waals surface area contributed by atoms with Gasteiger partial charge in [0.15, 0.2) is 0 Å². The van der Waals surface area contributed by atoms with Crippen molar-refractivity contribution >= 4 is 22.4 Å². The highest BCUT2D eigenvalue weighted by molar-refractivity contribution is 5.89. The molecule has 0 amide bonds. The number of hydrogen-bond acceptors (Lipinski definition) is 6.